The van der Waals surface area contributed by atoms with Crippen LogP contribution >= 0.6 is 0 Å². The number of aliphatic imine (C=N–C) groups is 1. The number of nitrogens with zero attached hydrogens (tertiary/aromatic N) is 2. The molecular weight excluding hydrogens is 300 g/mol. The van der Waals surface area contributed by atoms with E-state index in [4.69, 9.17) is 9.73 Å². The van der Waals surface area contributed by atoms with E-state index in [0.717, 1.165) is 45.4 Å². The number of nitrogens with one attached hydrogen (secondary N) is 2. The Balaban J connectivity index is 1.99. The summed E-state index contributed by atoms with van der Waals surface area (Å²) in [6.45, 7) is 10.4. The first-order valence-electron chi connectivity index (χ1n) is 9.28. The highest BCUT2D eigenvalue weighted by molar-refractivity contribution is 5.79. The van der Waals surface area contributed by atoms with Crippen LogP contribution < -0.4 is 15.5 Å². The van der Waals surface area contributed by atoms with Crippen LogP contribution in [0.15, 0.2) is 29.3 Å². The van der Waals surface area contributed by atoms with Crippen molar-refractivity contribution in [2.75, 3.05) is 44.3 Å². The van der Waals surface area contributed by atoms with Gasteiger partial charge in [0.15, 0.2) is 5.96 Å². The van der Waals surface area contributed by atoms with E-state index >= 15 is 0 Å². The zero-order valence-electron chi connectivity index (χ0n) is 15.2. The molecule has 0 radical (unpaired) electrons. The molecule has 0 atom stereocenters. The van der Waals surface area contributed by atoms with Gasteiger partial charge in [-0.15, -0.1) is 0 Å². The minimum atomic E-state index is 0.691. The quantitative estimate of drug-likeness (QED) is 0.437. The molecular formula is C19H32N4O. The monoisotopic (exact) mass is 332 g/mol. The third-order valence-electron chi connectivity index (χ3n) is 4.17. The molecule has 5 nitrogen and oxygen atoms in total. The van der Waals surface area contributed by atoms with Crippen LogP contribution in [-0.4, -0.2) is 45.4 Å². The van der Waals surface area contributed by atoms with Crippen LogP contribution in [0, 0.1) is 0 Å². The Labute approximate surface area is 146 Å². The van der Waals surface area contributed by atoms with Gasteiger partial charge < -0.3 is 20.3 Å². The van der Waals surface area contributed by atoms with Gasteiger partial charge in [-0.05, 0) is 25.0 Å². The molecule has 1 aromatic rings. The van der Waals surface area contributed by atoms with E-state index < -0.39 is 0 Å². The van der Waals surface area contributed by atoms with Crippen LogP contribution in [0.4, 0.5) is 5.69 Å². The Morgan fingerprint density at radius 1 is 1.12 bits per heavy atom. The highest BCUT2D eigenvalue weighted by Gasteiger charge is 2.14. The number of morpholine rings is 1. The molecule has 0 bridgehead atoms. The summed E-state index contributed by atoms with van der Waals surface area (Å²) in [5, 5.41) is 6.76. The van der Waals surface area contributed by atoms with Crippen LogP contribution in [0.25, 0.3) is 0 Å². The Kier molecular flexibility index (Phi) is 8.46. The van der Waals surface area contributed by atoms with E-state index in [2.05, 4.69) is 53.6 Å². The predicted molar refractivity (Wildman–Crippen MR) is 102 cm³/mol. The number of benzene rings is 1. The molecule has 134 valence electrons. The Morgan fingerprint density at radius 3 is 2.67 bits per heavy atom. The van der Waals surface area contributed by atoms with Gasteiger partial charge in [0.2, 0.25) is 0 Å². The van der Waals surface area contributed by atoms with E-state index in [9.17, 15) is 0 Å². The minimum absolute atomic E-state index is 0.691. The number of para-hydroxylation sites is 1. The number of unbranched alkanes of at least 4 members (excludes halogenated alkanes) is 2. The summed E-state index contributed by atoms with van der Waals surface area (Å²) in [7, 11) is 0. The van der Waals surface area contributed by atoms with Gasteiger partial charge in [0, 0.05) is 31.9 Å². The Hall–Kier alpha value is -1.75. The average Bonchev–Trinajstić information content (AvgIpc) is 2.64. The van der Waals surface area contributed by atoms with Gasteiger partial charge in [-0.25, -0.2) is 4.99 Å². The third-order valence-corrected chi connectivity index (χ3v) is 4.17. The molecule has 2 N–H and O–H groups in total. The number of ether oxygens (including phenoxy) is 1. The van der Waals surface area contributed by atoms with Gasteiger partial charge in [-0.1, -0.05) is 38.0 Å². The largest absolute Gasteiger partial charge is 0.378 e. The molecule has 24 heavy (non-hydrogen) atoms. The summed E-state index contributed by atoms with van der Waals surface area (Å²) in [6.07, 6.45) is 3.68. The van der Waals surface area contributed by atoms with Crippen molar-refractivity contribution in [1.82, 2.24) is 10.6 Å². The van der Waals surface area contributed by atoms with Crippen LogP contribution in [-0.2, 0) is 11.3 Å². The van der Waals surface area contributed by atoms with Crippen molar-refractivity contribution in [2.24, 2.45) is 4.99 Å². The Morgan fingerprint density at radius 2 is 1.92 bits per heavy atom. The molecule has 0 unspecified atom stereocenters. The first-order valence-corrected chi connectivity index (χ1v) is 9.28. The third kappa shape index (κ3) is 6.04. The van der Waals surface area contributed by atoms with Gasteiger partial charge in [0.25, 0.3) is 0 Å². The van der Waals surface area contributed by atoms with E-state index in [-0.39, 0.29) is 0 Å². The lowest BCUT2D eigenvalue weighted by Gasteiger charge is -2.30. The Bertz CT molecular complexity index is 498. The molecule has 2 rings (SSSR count). The standard InChI is InChI=1S/C19H32N4O/c1-3-5-8-11-21-19(20-4-2)22-16-17-9-6-7-10-18(17)23-12-14-24-15-13-23/h6-7,9-10H,3-5,8,11-16H2,1-2H3,(H2,20,21,22). The fourth-order valence-electron chi connectivity index (χ4n) is 2.85. The SMILES string of the molecule is CCCCCNC(=NCc1ccccc1N1CCOCC1)NCC. The van der Waals surface area contributed by atoms with E-state index in [1.165, 1.54) is 30.5 Å². The van der Waals surface area contributed by atoms with Crippen molar-refractivity contribution in [3.8, 4) is 0 Å². The van der Waals surface area contributed by atoms with E-state index in [1.807, 2.05) is 0 Å². The maximum atomic E-state index is 5.47. The van der Waals surface area contributed by atoms with Crippen molar-refractivity contribution in [1.29, 1.82) is 0 Å². The normalized spacial score (nSPS) is 15.4. The highest BCUT2D eigenvalue weighted by Crippen LogP contribution is 2.22. The van der Waals surface area contributed by atoms with Crippen LogP contribution in [0.1, 0.15) is 38.7 Å². The summed E-state index contributed by atoms with van der Waals surface area (Å²) in [5.41, 5.74) is 2.55. The molecule has 1 aliphatic heterocycles. The minimum Gasteiger partial charge on any atom is -0.378 e. The molecule has 1 saturated heterocycles. The summed E-state index contributed by atoms with van der Waals surface area (Å²) >= 11 is 0. The molecule has 0 aliphatic carbocycles. The predicted octanol–water partition coefficient (Wildman–Crippen LogP) is 2.77. The fraction of sp³-hybridized carbons (Fsp3) is 0.632. The van der Waals surface area contributed by atoms with Crippen molar-refractivity contribution < 1.29 is 4.74 Å². The van der Waals surface area contributed by atoms with Crippen LogP contribution in [0.2, 0.25) is 0 Å². The lowest BCUT2D eigenvalue weighted by molar-refractivity contribution is 0.122. The summed E-state index contributed by atoms with van der Waals surface area (Å²) < 4.78 is 5.47. The molecule has 0 saturated carbocycles. The average molecular weight is 332 g/mol. The van der Waals surface area contributed by atoms with Crippen molar-refractivity contribution >= 4 is 11.6 Å². The number of anilines is 1. The van der Waals surface area contributed by atoms with Gasteiger partial charge >= 0.3 is 0 Å². The van der Waals surface area contributed by atoms with Crippen LogP contribution in [0.3, 0.4) is 0 Å². The van der Waals surface area contributed by atoms with Gasteiger partial charge in [-0.3, -0.25) is 0 Å². The van der Waals surface area contributed by atoms with Crippen molar-refractivity contribution in [3.63, 3.8) is 0 Å². The maximum Gasteiger partial charge on any atom is 0.191 e. The second-order valence-corrected chi connectivity index (χ2v) is 6.06. The lowest BCUT2D eigenvalue weighted by atomic mass is 10.1. The molecule has 1 aromatic carbocycles. The fourth-order valence-corrected chi connectivity index (χ4v) is 2.85. The lowest BCUT2D eigenvalue weighted by Crippen LogP contribution is -2.38. The van der Waals surface area contributed by atoms with Gasteiger partial charge in [-0.2, -0.15) is 0 Å². The van der Waals surface area contributed by atoms with Gasteiger partial charge in [0.1, 0.15) is 0 Å². The number of hydrogen-bond acceptors (Lipinski definition) is 3. The summed E-state index contributed by atoms with van der Waals surface area (Å²) in [6, 6.07) is 8.56. The number of hydrogen-bond donors (Lipinski definition) is 2. The second-order valence-electron chi connectivity index (χ2n) is 6.06. The molecule has 5 heteroatoms. The summed E-state index contributed by atoms with van der Waals surface area (Å²) in [4.78, 5) is 7.17. The summed E-state index contributed by atoms with van der Waals surface area (Å²) in [5.74, 6) is 0.908. The van der Waals surface area contributed by atoms with Gasteiger partial charge in [0.05, 0.1) is 19.8 Å². The van der Waals surface area contributed by atoms with E-state index in [1.54, 1.807) is 0 Å². The van der Waals surface area contributed by atoms with Crippen molar-refractivity contribution in [3.05, 3.63) is 29.8 Å². The second kappa shape index (κ2) is 10.9. The molecule has 0 aromatic heterocycles. The van der Waals surface area contributed by atoms with E-state index in [0.29, 0.717) is 6.54 Å². The molecule has 1 heterocycles. The zero-order valence-corrected chi connectivity index (χ0v) is 15.2. The van der Waals surface area contributed by atoms with Crippen molar-refractivity contribution in [2.45, 2.75) is 39.7 Å². The number of guanidine groups is 1. The topological polar surface area (TPSA) is 48.9 Å². The molecule has 1 aliphatic rings. The zero-order chi connectivity index (χ0) is 17.0. The molecule has 0 amide bonds. The molecule has 0 spiro atoms. The first-order chi connectivity index (χ1) is 11.8. The first kappa shape index (κ1) is 18.6. The van der Waals surface area contributed by atoms with Crippen LogP contribution in [0.5, 0.6) is 0 Å². The number of rotatable bonds is 8. The maximum absolute atomic E-state index is 5.47. The smallest absolute Gasteiger partial charge is 0.191 e. The molecule has 1 fully saturated rings. The highest BCUT2D eigenvalue weighted by atomic mass is 16.5.